The van der Waals surface area contributed by atoms with Gasteiger partial charge in [-0.05, 0) is 25.3 Å². The average molecular weight is 229 g/mol. The summed E-state index contributed by atoms with van der Waals surface area (Å²) in [6.07, 6.45) is 6.47. The van der Waals surface area contributed by atoms with Crippen LogP contribution in [0.4, 0.5) is 0 Å². The SMILES string of the molecule is CCCC(CC)CCCNCCOC(C)=O. The molecule has 0 aromatic rings. The molecule has 96 valence electrons. The fourth-order valence-electron chi connectivity index (χ4n) is 1.87. The number of nitrogens with one attached hydrogen (secondary N) is 1. The first-order valence-electron chi connectivity index (χ1n) is 6.54. The Hall–Kier alpha value is -0.570. The molecule has 0 aliphatic carbocycles. The van der Waals surface area contributed by atoms with E-state index in [0.29, 0.717) is 6.61 Å². The molecule has 0 rings (SSSR count). The molecule has 1 unspecified atom stereocenters. The van der Waals surface area contributed by atoms with Crippen molar-refractivity contribution in [2.45, 2.75) is 52.9 Å². The maximum Gasteiger partial charge on any atom is 0.302 e. The highest BCUT2D eigenvalue weighted by Crippen LogP contribution is 2.16. The number of carbonyl (C=O) groups is 1. The second-order valence-electron chi connectivity index (χ2n) is 4.30. The highest BCUT2D eigenvalue weighted by Gasteiger charge is 2.03. The number of hydrogen-bond donors (Lipinski definition) is 1. The topological polar surface area (TPSA) is 38.3 Å². The Bertz CT molecular complexity index is 171. The molecule has 0 saturated heterocycles. The number of ether oxygens (including phenoxy) is 1. The summed E-state index contributed by atoms with van der Waals surface area (Å²) in [6.45, 7) is 8.25. The van der Waals surface area contributed by atoms with Gasteiger partial charge in [0.05, 0.1) is 0 Å². The fraction of sp³-hybridized carbons (Fsp3) is 0.923. The molecule has 0 fully saturated rings. The molecule has 0 bridgehead atoms. The molecule has 16 heavy (non-hydrogen) atoms. The zero-order valence-corrected chi connectivity index (χ0v) is 11.1. The fourth-order valence-corrected chi connectivity index (χ4v) is 1.87. The van der Waals surface area contributed by atoms with E-state index in [0.717, 1.165) is 19.0 Å². The molecule has 0 heterocycles. The third-order valence-electron chi connectivity index (χ3n) is 2.82. The molecule has 1 N–H and O–H groups in total. The van der Waals surface area contributed by atoms with Crippen LogP contribution in [0.15, 0.2) is 0 Å². The molecular weight excluding hydrogens is 202 g/mol. The van der Waals surface area contributed by atoms with Crippen LogP contribution in [-0.2, 0) is 9.53 Å². The normalized spacial score (nSPS) is 12.4. The summed E-state index contributed by atoms with van der Waals surface area (Å²) < 4.78 is 4.83. The molecule has 0 aromatic heterocycles. The van der Waals surface area contributed by atoms with Gasteiger partial charge in [-0.1, -0.05) is 33.1 Å². The van der Waals surface area contributed by atoms with Crippen molar-refractivity contribution in [2.75, 3.05) is 19.7 Å². The number of hydrogen-bond acceptors (Lipinski definition) is 3. The summed E-state index contributed by atoms with van der Waals surface area (Å²) in [6, 6.07) is 0. The van der Waals surface area contributed by atoms with Crippen molar-refractivity contribution in [3.8, 4) is 0 Å². The highest BCUT2D eigenvalue weighted by molar-refractivity contribution is 5.65. The van der Waals surface area contributed by atoms with Gasteiger partial charge in [-0.25, -0.2) is 0 Å². The van der Waals surface area contributed by atoms with Crippen LogP contribution in [0.25, 0.3) is 0 Å². The van der Waals surface area contributed by atoms with Gasteiger partial charge in [0, 0.05) is 13.5 Å². The van der Waals surface area contributed by atoms with Crippen LogP contribution in [0, 0.1) is 5.92 Å². The Morgan fingerprint density at radius 2 is 2.00 bits per heavy atom. The van der Waals surface area contributed by atoms with Crippen LogP contribution < -0.4 is 5.32 Å². The lowest BCUT2D eigenvalue weighted by Gasteiger charge is -2.13. The lowest BCUT2D eigenvalue weighted by atomic mass is 9.95. The molecule has 0 aliphatic rings. The van der Waals surface area contributed by atoms with Crippen LogP contribution >= 0.6 is 0 Å². The monoisotopic (exact) mass is 229 g/mol. The average Bonchev–Trinajstić information content (AvgIpc) is 2.26. The molecule has 0 spiro atoms. The molecule has 3 nitrogen and oxygen atoms in total. The maximum atomic E-state index is 10.5. The van der Waals surface area contributed by atoms with E-state index < -0.39 is 0 Å². The zero-order chi connectivity index (χ0) is 12.2. The minimum absolute atomic E-state index is 0.198. The van der Waals surface area contributed by atoms with Crippen molar-refractivity contribution in [2.24, 2.45) is 5.92 Å². The molecular formula is C13H27NO2. The van der Waals surface area contributed by atoms with Crippen molar-refractivity contribution in [1.29, 1.82) is 0 Å². The summed E-state index contributed by atoms with van der Waals surface area (Å²) in [4.78, 5) is 10.5. The largest absolute Gasteiger partial charge is 0.465 e. The van der Waals surface area contributed by atoms with E-state index in [-0.39, 0.29) is 5.97 Å². The van der Waals surface area contributed by atoms with Gasteiger partial charge in [0.1, 0.15) is 6.61 Å². The molecule has 0 saturated carbocycles. The van der Waals surface area contributed by atoms with Crippen LogP contribution in [0.5, 0.6) is 0 Å². The van der Waals surface area contributed by atoms with Crippen LogP contribution in [0.2, 0.25) is 0 Å². The Balaban J connectivity index is 3.22. The van der Waals surface area contributed by atoms with E-state index in [2.05, 4.69) is 19.2 Å². The minimum atomic E-state index is -0.198. The first-order valence-corrected chi connectivity index (χ1v) is 6.54. The van der Waals surface area contributed by atoms with Crippen LogP contribution in [0.3, 0.4) is 0 Å². The van der Waals surface area contributed by atoms with Gasteiger partial charge >= 0.3 is 5.97 Å². The summed E-state index contributed by atoms with van der Waals surface area (Å²) >= 11 is 0. The van der Waals surface area contributed by atoms with E-state index in [1.165, 1.54) is 39.0 Å². The molecule has 0 aliphatic heterocycles. The molecule has 0 aromatic carbocycles. The van der Waals surface area contributed by atoms with E-state index in [9.17, 15) is 4.79 Å². The second-order valence-corrected chi connectivity index (χ2v) is 4.30. The summed E-state index contributed by atoms with van der Waals surface area (Å²) in [7, 11) is 0. The zero-order valence-electron chi connectivity index (χ0n) is 11.1. The van der Waals surface area contributed by atoms with Crippen molar-refractivity contribution < 1.29 is 9.53 Å². The highest BCUT2D eigenvalue weighted by atomic mass is 16.5. The lowest BCUT2D eigenvalue weighted by molar-refractivity contribution is -0.140. The van der Waals surface area contributed by atoms with Gasteiger partial charge in [-0.15, -0.1) is 0 Å². The van der Waals surface area contributed by atoms with Crippen LogP contribution in [0.1, 0.15) is 52.9 Å². The summed E-state index contributed by atoms with van der Waals surface area (Å²) in [5, 5.41) is 3.29. The van der Waals surface area contributed by atoms with E-state index in [4.69, 9.17) is 4.74 Å². The first-order chi connectivity index (χ1) is 7.70. The van der Waals surface area contributed by atoms with Crippen molar-refractivity contribution in [1.82, 2.24) is 5.32 Å². The summed E-state index contributed by atoms with van der Waals surface area (Å²) in [5.74, 6) is 0.691. The van der Waals surface area contributed by atoms with Crippen LogP contribution in [-0.4, -0.2) is 25.7 Å². The molecule has 3 heteroatoms. The number of rotatable bonds is 10. The van der Waals surface area contributed by atoms with E-state index in [1.54, 1.807) is 0 Å². The summed E-state index contributed by atoms with van der Waals surface area (Å²) in [5.41, 5.74) is 0. The minimum Gasteiger partial charge on any atom is -0.465 e. The predicted octanol–water partition coefficient (Wildman–Crippen LogP) is 2.75. The number of esters is 1. The van der Waals surface area contributed by atoms with Gasteiger partial charge in [0.25, 0.3) is 0 Å². The van der Waals surface area contributed by atoms with Crippen molar-refractivity contribution in [3.05, 3.63) is 0 Å². The quantitative estimate of drug-likeness (QED) is 0.462. The Labute approximate surface area is 99.9 Å². The first kappa shape index (κ1) is 15.4. The van der Waals surface area contributed by atoms with E-state index >= 15 is 0 Å². The van der Waals surface area contributed by atoms with Gasteiger partial charge in [-0.3, -0.25) is 4.79 Å². The second kappa shape index (κ2) is 10.9. The third-order valence-corrected chi connectivity index (χ3v) is 2.82. The van der Waals surface area contributed by atoms with Gasteiger partial charge < -0.3 is 10.1 Å². The molecule has 0 amide bonds. The lowest BCUT2D eigenvalue weighted by Crippen LogP contribution is -2.22. The van der Waals surface area contributed by atoms with Crippen molar-refractivity contribution >= 4 is 5.97 Å². The van der Waals surface area contributed by atoms with Gasteiger partial charge in [-0.2, -0.15) is 0 Å². The number of carbonyl (C=O) groups excluding carboxylic acids is 1. The predicted molar refractivity (Wildman–Crippen MR) is 67.4 cm³/mol. The Morgan fingerprint density at radius 1 is 1.25 bits per heavy atom. The maximum absolute atomic E-state index is 10.5. The van der Waals surface area contributed by atoms with E-state index in [1.807, 2.05) is 0 Å². The third kappa shape index (κ3) is 9.97. The standard InChI is InChI=1S/C13H27NO2/c1-4-7-13(5-2)8-6-9-14-10-11-16-12(3)15/h13-14H,4-11H2,1-3H3. The molecule has 0 radical (unpaired) electrons. The van der Waals surface area contributed by atoms with Gasteiger partial charge in [0.2, 0.25) is 0 Å². The Kier molecular flexibility index (Phi) is 10.5. The van der Waals surface area contributed by atoms with Gasteiger partial charge in [0.15, 0.2) is 0 Å². The van der Waals surface area contributed by atoms with Crippen molar-refractivity contribution in [3.63, 3.8) is 0 Å². The molecule has 1 atom stereocenters. The Morgan fingerprint density at radius 3 is 2.56 bits per heavy atom. The smallest absolute Gasteiger partial charge is 0.302 e.